The predicted octanol–water partition coefficient (Wildman–Crippen LogP) is 0.755. The van der Waals surface area contributed by atoms with Gasteiger partial charge in [0.2, 0.25) is 0 Å². The molecule has 0 fully saturated rings. The van der Waals surface area contributed by atoms with E-state index in [-0.39, 0.29) is 12.0 Å². The Morgan fingerprint density at radius 3 is 2.82 bits per heavy atom. The van der Waals surface area contributed by atoms with Crippen LogP contribution in [0.3, 0.4) is 0 Å². The number of carboxylic acids is 1. The van der Waals surface area contributed by atoms with Gasteiger partial charge in [0.05, 0.1) is 5.92 Å². The lowest BCUT2D eigenvalue weighted by Gasteiger charge is -2.05. The van der Waals surface area contributed by atoms with Gasteiger partial charge in [0.1, 0.15) is 0 Å². The summed E-state index contributed by atoms with van der Waals surface area (Å²) in [6, 6.07) is -0.0268. The molecule has 0 aromatic heterocycles. The second-order valence-electron chi connectivity index (χ2n) is 2.88. The first kappa shape index (κ1) is 8.27. The minimum atomic E-state index is -0.760. The van der Waals surface area contributed by atoms with E-state index in [1.54, 1.807) is 6.08 Å². The average molecular weight is 155 g/mol. The normalized spacial score (nSPS) is 30.2. The van der Waals surface area contributed by atoms with E-state index in [0.717, 1.165) is 12.0 Å². The molecule has 62 valence electrons. The Labute approximate surface area is 65.9 Å². The summed E-state index contributed by atoms with van der Waals surface area (Å²) in [6.45, 7) is 2.00. The van der Waals surface area contributed by atoms with Crippen molar-refractivity contribution in [3.8, 4) is 0 Å². The molecule has 0 aromatic rings. The molecule has 0 bridgehead atoms. The Balaban J connectivity index is 2.66. The first-order chi connectivity index (χ1) is 5.15. The second kappa shape index (κ2) is 3.05. The molecule has 1 aliphatic rings. The van der Waals surface area contributed by atoms with Gasteiger partial charge in [-0.3, -0.25) is 4.79 Å². The summed E-state index contributed by atoms with van der Waals surface area (Å²) in [5, 5.41) is 8.64. The summed E-state index contributed by atoms with van der Waals surface area (Å²) in [5.74, 6) is -1.11. The van der Waals surface area contributed by atoms with Crippen molar-refractivity contribution in [2.75, 3.05) is 0 Å². The lowest BCUT2D eigenvalue weighted by Crippen LogP contribution is -2.21. The summed E-state index contributed by atoms with van der Waals surface area (Å²) >= 11 is 0. The van der Waals surface area contributed by atoms with Crippen molar-refractivity contribution in [3.63, 3.8) is 0 Å². The van der Waals surface area contributed by atoms with Crippen LogP contribution >= 0.6 is 0 Å². The summed E-state index contributed by atoms with van der Waals surface area (Å²) in [5.41, 5.74) is 6.77. The van der Waals surface area contributed by atoms with E-state index in [0.29, 0.717) is 6.42 Å². The number of aliphatic carboxylic acids is 1. The van der Waals surface area contributed by atoms with Crippen molar-refractivity contribution < 1.29 is 9.90 Å². The van der Waals surface area contributed by atoms with Gasteiger partial charge in [-0.05, 0) is 12.8 Å². The van der Waals surface area contributed by atoms with Crippen molar-refractivity contribution in [2.45, 2.75) is 25.8 Å². The van der Waals surface area contributed by atoms with Crippen LogP contribution in [0.2, 0.25) is 0 Å². The zero-order valence-electron chi connectivity index (χ0n) is 6.58. The standard InChI is InChI=1S/C8H13NO2/c1-2-5-3-6(8(10)11)4-7(5)9/h3,6-7H,2,4,9H2,1H3,(H,10,11)/t6-,7-/m0/s1. The van der Waals surface area contributed by atoms with Gasteiger partial charge < -0.3 is 10.8 Å². The zero-order chi connectivity index (χ0) is 8.43. The SMILES string of the molecule is CCC1=C[C@H](C(=O)O)C[C@@H]1N. The van der Waals surface area contributed by atoms with Gasteiger partial charge in [-0.15, -0.1) is 0 Å². The first-order valence-electron chi connectivity index (χ1n) is 3.84. The van der Waals surface area contributed by atoms with Crippen LogP contribution in [0.15, 0.2) is 11.6 Å². The molecule has 3 N–H and O–H groups in total. The molecule has 1 rings (SSSR count). The number of carboxylic acid groups (broad SMARTS) is 1. The topological polar surface area (TPSA) is 63.3 Å². The summed E-state index contributed by atoms with van der Waals surface area (Å²) in [6.07, 6.45) is 3.22. The van der Waals surface area contributed by atoms with Crippen LogP contribution in [-0.2, 0) is 4.79 Å². The van der Waals surface area contributed by atoms with Gasteiger partial charge in [-0.1, -0.05) is 18.6 Å². The van der Waals surface area contributed by atoms with Crippen LogP contribution in [0.25, 0.3) is 0 Å². The lowest BCUT2D eigenvalue weighted by molar-refractivity contribution is -0.140. The Hall–Kier alpha value is -0.830. The van der Waals surface area contributed by atoms with Crippen molar-refractivity contribution >= 4 is 5.97 Å². The molecular formula is C8H13NO2. The molecule has 11 heavy (non-hydrogen) atoms. The van der Waals surface area contributed by atoms with E-state index >= 15 is 0 Å². The highest BCUT2D eigenvalue weighted by Gasteiger charge is 2.26. The van der Waals surface area contributed by atoms with Crippen molar-refractivity contribution in [1.82, 2.24) is 0 Å². The third-order valence-electron chi connectivity index (χ3n) is 2.12. The molecule has 1 aliphatic carbocycles. The minimum Gasteiger partial charge on any atom is -0.481 e. The molecule has 0 amide bonds. The Morgan fingerprint density at radius 2 is 2.55 bits per heavy atom. The fourth-order valence-electron chi connectivity index (χ4n) is 1.43. The number of nitrogens with two attached hydrogens (primary N) is 1. The monoisotopic (exact) mass is 155 g/mol. The highest BCUT2D eigenvalue weighted by molar-refractivity contribution is 5.73. The quantitative estimate of drug-likeness (QED) is 0.578. The molecule has 0 unspecified atom stereocenters. The Kier molecular flexibility index (Phi) is 2.29. The van der Waals surface area contributed by atoms with Gasteiger partial charge in [0.15, 0.2) is 0 Å². The van der Waals surface area contributed by atoms with Gasteiger partial charge in [0.25, 0.3) is 0 Å². The molecule has 0 aliphatic heterocycles. The zero-order valence-corrected chi connectivity index (χ0v) is 6.58. The number of hydrogen-bond acceptors (Lipinski definition) is 2. The van der Waals surface area contributed by atoms with Crippen LogP contribution in [0.4, 0.5) is 0 Å². The molecule has 0 heterocycles. The molecule has 0 spiro atoms. The van der Waals surface area contributed by atoms with Crippen LogP contribution in [-0.4, -0.2) is 17.1 Å². The van der Waals surface area contributed by atoms with Crippen LogP contribution in [0, 0.1) is 5.92 Å². The van der Waals surface area contributed by atoms with E-state index in [2.05, 4.69) is 0 Å². The van der Waals surface area contributed by atoms with E-state index in [1.807, 2.05) is 6.92 Å². The van der Waals surface area contributed by atoms with E-state index in [1.165, 1.54) is 0 Å². The second-order valence-corrected chi connectivity index (χ2v) is 2.88. The molecule has 0 saturated carbocycles. The van der Waals surface area contributed by atoms with Gasteiger partial charge >= 0.3 is 5.97 Å². The molecule has 2 atom stereocenters. The van der Waals surface area contributed by atoms with Crippen molar-refractivity contribution in [1.29, 1.82) is 0 Å². The molecule has 3 heteroatoms. The third kappa shape index (κ3) is 1.60. The largest absolute Gasteiger partial charge is 0.481 e. The fraction of sp³-hybridized carbons (Fsp3) is 0.625. The van der Waals surface area contributed by atoms with Crippen LogP contribution in [0.5, 0.6) is 0 Å². The van der Waals surface area contributed by atoms with Gasteiger partial charge in [-0.2, -0.15) is 0 Å². The molecule has 0 aromatic carbocycles. The van der Waals surface area contributed by atoms with Crippen LogP contribution in [0.1, 0.15) is 19.8 Å². The van der Waals surface area contributed by atoms with E-state index < -0.39 is 5.97 Å². The summed E-state index contributed by atoms with van der Waals surface area (Å²) < 4.78 is 0. The number of hydrogen-bond donors (Lipinski definition) is 2. The first-order valence-corrected chi connectivity index (χ1v) is 3.84. The van der Waals surface area contributed by atoms with Crippen LogP contribution < -0.4 is 5.73 Å². The Bertz CT molecular complexity index is 198. The third-order valence-corrected chi connectivity index (χ3v) is 2.12. The molecular weight excluding hydrogens is 142 g/mol. The maximum Gasteiger partial charge on any atom is 0.310 e. The molecule has 0 saturated heterocycles. The number of carbonyl (C=O) groups is 1. The summed E-state index contributed by atoms with van der Waals surface area (Å²) in [7, 11) is 0. The van der Waals surface area contributed by atoms with Crippen molar-refractivity contribution in [2.24, 2.45) is 11.7 Å². The smallest absolute Gasteiger partial charge is 0.310 e. The van der Waals surface area contributed by atoms with Crippen molar-refractivity contribution in [3.05, 3.63) is 11.6 Å². The predicted molar refractivity (Wildman–Crippen MR) is 42.1 cm³/mol. The highest BCUT2D eigenvalue weighted by Crippen LogP contribution is 2.25. The van der Waals surface area contributed by atoms with E-state index in [9.17, 15) is 4.79 Å². The maximum atomic E-state index is 10.5. The number of rotatable bonds is 2. The lowest BCUT2D eigenvalue weighted by atomic mass is 10.1. The highest BCUT2D eigenvalue weighted by atomic mass is 16.4. The maximum absolute atomic E-state index is 10.5. The summed E-state index contributed by atoms with van der Waals surface area (Å²) in [4.78, 5) is 10.5. The average Bonchev–Trinajstić information content (AvgIpc) is 2.31. The minimum absolute atomic E-state index is 0.0268. The Morgan fingerprint density at radius 1 is 1.91 bits per heavy atom. The fourth-order valence-corrected chi connectivity index (χ4v) is 1.43. The van der Waals surface area contributed by atoms with Gasteiger partial charge in [-0.25, -0.2) is 0 Å². The molecule has 3 nitrogen and oxygen atoms in total. The molecule has 0 radical (unpaired) electrons. The van der Waals surface area contributed by atoms with Gasteiger partial charge in [0, 0.05) is 6.04 Å². The van der Waals surface area contributed by atoms with E-state index in [4.69, 9.17) is 10.8 Å².